The standard InChI is InChI=1S/C22H28ClN3O2/c1-3-21(28-20-10-6-18(23)7-11-20)22(27)24-16-17-4-8-19(9-5-17)26-14-12-25(2)13-15-26/h4-11,21H,3,12-16H2,1-2H3,(H,24,27). The number of carbonyl (C=O) groups excluding carboxylic acids is 1. The number of hydrogen-bond donors (Lipinski definition) is 1. The molecule has 3 rings (SSSR count). The number of nitrogens with one attached hydrogen (secondary N) is 1. The van der Waals surface area contributed by atoms with Gasteiger partial charge >= 0.3 is 0 Å². The lowest BCUT2D eigenvalue weighted by atomic mass is 10.1. The molecule has 1 saturated heterocycles. The summed E-state index contributed by atoms with van der Waals surface area (Å²) in [6.07, 6.45) is 0.0716. The molecule has 28 heavy (non-hydrogen) atoms. The highest BCUT2D eigenvalue weighted by Gasteiger charge is 2.18. The van der Waals surface area contributed by atoms with Crippen LogP contribution in [0.1, 0.15) is 18.9 Å². The molecular formula is C22H28ClN3O2. The summed E-state index contributed by atoms with van der Waals surface area (Å²) in [4.78, 5) is 17.2. The first-order valence-electron chi connectivity index (χ1n) is 9.77. The number of nitrogens with zero attached hydrogens (tertiary/aromatic N) is 2. The van der Waals surface area contributed by atoms with E-state index in [1.807, 2.05) is 6.92 Å². The molecule has 0 aromatic heterocycles. The van der Waals surface area contributed by atoms with Gasteiger partial charge in [0.05, 0.1) is 0 Å². The smallest absolute Gasteiger partial charge is 0.261 e. The fourth-order valence-corrected chi connectivity index (χ4v) is 3.32. The lowest BCUT2D eigenvalue weighted by Crippen LogP contribution is -2.44. The Bertz CT molecular complexity index is 756. The summed E-state index contributed by atoms with van der Waals surface area (Å²) in [7, 11) is 2.16. The highest BCUT2D eigenvalue weighted by atomic mass is 35.5. The Morgan fingerprint density at radius 1 is 1.07 bits per heavy atom. The number of hydrogen-bond acceptors (Lipinski definition) is 4. The molecule has 6 heteroatoms. The van der Waals surface area contributed by atoms with E-state index in [2.05, 4.69) is 46.4 Å². The van der Waals surface area contributed by atoms with E-state index in [1.54, 1.807) is 24.3 Å². The predicted molar refractivity (Wildman–Crippen MR) is 114 cm³/mol. The van der Waals surface area contributed by atoms with Gasteiger partial charge in [0.2, 0.25) is 0 Å². The Morgan fingerprint density at radius 3 is 2.32 bits per heavy atom. The van der Waals surface area contributed by atoms with Gasteiger partial charge in [-0.2, -0.15) is 0 Å². The predicted octanol–water partition coefficient (Wildman–Crippen LogP) is 3.57. The summed E-state index contributed by atoms with van der Waals surface area (Å²) < 4.78 is 5.79. The molecule has 1 fully saturated rings. The Labute approximate surface area is 172 Å². The van der Waals surface area contributed by atoms with Gasteiger partial charge in [-0.05, 0) is 55.4 Å². The van der Waals surface area contributed by atoms with Crippen molar-refractivity contribution in [1.29, 1.82) is 0 Å². The number of anilines is 1. The van der Waals surface area contributed by atoms with Gasteiger partial charge in [-0.25, -0.2) is 0 Å². The molecule has 1 atom stereocenters. The van der Waals surface area contributed by atoms with Crippen LogP contribution in [-0.4, -0.2) is 50.1 Å². The van der Waals surface area contributed by atoms with Crippen molar-refractivity contribution in [3.05, 3.63) is 59.1 Å². The molecule has 150 valence electrons. The van der Waals surface area contributed by atoms with E-state index in [4.69, 9.17) is 16.3 Å². The second kappa shape index (κ2) is 9.80. The molecule has 0 radical (unpaired) electrons. The molecule has 1 N–H and O–H groups in total. The molecule has 1 unspecified atom stereocenters. The SMILES string of the molecule is CCC(Oc1ccc(Cl)cc1)C(=O)NCc1ccc(N2CCN(C)CC2)cc1. The van der Waals surface area contributed by atoms with E-state index >= 15 is 0 Å². The highest BCUT2D eigenvalue weighted by Crippen LogP contribution is 2.19. The molecule has 1 heterocycles. The largest absolute Gasteiger partial charge is 0.481 e. The average molecular weight is 402 g/mol. The van der Waals surface area contributed by atoms with Crippen molar-refractivity contribution in [2.45, 2.75) is 26.0 Å². The minimum atomic E-state index is -0.522. The number of amides is 1. The molecule has 0 saturated carbocycles. The van der Waals surface area contributed by atoms with Crippen LogP contribution < -0.4 is 15.0 Å². The second-order valence-electron chi connectivity index (χ2n) is 7.14. The van der Waals surface area contributed by atoms with Gasteiger partial charge in [0.15, 0.2) is 6.10 Å². The van der Waals surface area contributed by atoms with Gasteiger partial charge in [-0.3, -0.25) is 4.79 Å². The average Bonchev–Trinajstić information content (AvgIpc) is 2.72. The maximum Gasteiger partial charge on any atom is 0.261 e. The first-order chi connectivity index (χ1) is 13.5. The number of carbonyl (C=O) groups is 1. The summed E-state index contributed by atoms with van der Waals surface area (Å²) in [6, 6.07) is 15.5. The summed E-state index contributed by atoms with van der Waals surface area (Å²) in [5.74, 6) is 0.531. The number of rotatable bonds is 7. The molecule has 0 aliphatic carbocycles. The molecule has 1 aliphatic heterocycles. The van der Waals surface area contributed by atoms with Crippen LogP contribution in [-0.2, 0) is 11.3 Å². The van der Waals surface area contributed by atoms with Crippen LogP contribution in [0.15, 0.2) is 48.5 Å². The maximum absolute atomic E-state index is 12.5. The quantitative estimate of drug-likeness (QED) is 0.770. The Morgan fingerprint density at radius 2 is 1.71 bits per heavy atom. The van der Waals surface area contributed by atoms with Gasteiger partial charge in [-0.15, -0.1) is 0 Å². The third-order valence-electron chi connectivity index (χ3n) is 5.03. The summed E-state index contributed by atoms with van der Waals surface area (Å²) >= 11 is 5.89. The van der Waals surface area contributed by atoms with Crippen molar-refractivity contribution in [1.82, 2.24) is 10.2 Å². The number of piperazine rings is 1. The first kappa shape index (κ1) is 20.5. The van der Waals surface area contributed by atoms with Crippen LogP contribution in [0.5, 0.6) is 5.75 Å². The topological polar surface area (TPSA) is 44.8 Å². The van der Waals surface area contributed by atoms with Crippen LogP contribution in [0.2, 0.25) is 5.02 Å². The zero-order valence-electron chi connectivity index (χ0n) is 16.5. The minimum absolute atomic E-state index is 0.111. The fourth-order valence-electron chi connectivity index (χ4n) is 3.19. The van der Waals surface area contributed by atoms with Crippen molar-refractivity contribution in [3.63, 3.8) is 0 Å². The van der Waals surface area contributed by atoms with Gasteiger partial charge < -0.3 is 19.9 Å². The summed E-state index contributed by atoms with van der Waals surface area (Å²) in [5.41, 5.74) is 2.31. The zero-order chi connectivity index (χ0) is 19.9. The minimum Gasteiger partial charge on any atom is -0.481 e. The lowest BCUT2D eigenvalue weighted by Gasteiger charge is -2.34. The van der Waals surface area contributed by atoms with E-state index in [0.717, 1.165) is 31.7 Å². The molecule has 1 amide bonds. The lowest BCUT2D eigenvalue weighted by molar-refractivity contribution is -0.128. The highest BCUT2D eigenvalue weighted by molar-refractivity contribution is 6.30. The van der Waals surface area contributed by atoms with Crippen molar-refractivity contribution in [2.75, 3.05) is 38.1 Å². The summed E-state index contributed by atoms with van der Waals surface area (Å²) in [5, 5.41) is 3.62. The van der Waals surface area contributed by atoms with Crippen LogP contribution >= 0.6 is 11.6 Å². The van der Waals surface area contributed by atoms with E-state index in [0.29, 0.717) is 23.7 Å². The second-order valence-corrected chi connectivity index (χ2v) is 7.58. The number of benzene rings is 2. The number of halogens is 1. The molecule has 2 aromatic carbocycles. The van der Waals surface area contributed by atoms with Gasteiger partial charge in [-0.1, -0.05) is 30.7 Å². The zero-order valence-corrected chi connectivity index (χ0v) is 17.3. The van der Waals surface area contributed by atoms with Crippen LogP contribution in [0, 0.1) is 0 Å². The number of likely N-dealkylation sites (N-methyl/N-ethyl adjacent to an activating group) is 1. The van der Waals surface area contributed by atoms with Crippen molar-refractivity contribution >= 4 is 23.2 Å². The molecule has 5 nitrogen and oxygen atoms in total. The summed E-state index contributed by atoms with van der Waals surface area (Å²) in [6.45, 7) is 6.70. The van der Waals surface area contributed by atoms with Gasteiger partial charge in [0, 0.05) is 43.4 Å². The van der Waals surface area contributed by atoms with Gasteiger partial charge in [0.1, 0.15) is 5.75 Å². The van der Waals surface area contributed by atoms with E-state index in [-0.39, 0.29) is 5.91 Å². The van der Waals surface area contributed by atoms with Crippen molar-refractivity contribution in [3.8, 4) is 5.75 Å². The van der Waals surface area contributed by atoms with Crippen LogP contribution in [0.4, 0.5) is 5.69 Å². The Balaban J connectivity index is 1.50. The van der Waals surface area contributed by atoms with E-state index in [1.165, 1.54) is 5.69 Å². The van der Waals surface area contributed by atoms with Crippen molar-refractivity contribution < 1.29 is 9.53 Å². The molecule has 0 bridgehead atoms. The maximum atomic E-state index is 12.5. The molecule has 0 spiro atoms. The fraction of sp³-hybridized carbons (Fsp3) is 0.409. The van der Waals surface area contributed by atoms with E-state index in [9.17, 15) is 4.79 Å². The third kappa shape index (κ3) is 5.63. The molecule has 2 aromatic rings. The van der Waals surface area contributed by atoms with Crippen LogP contribution in [0.25, 0.3) is 0 Å². The third-order valence-corrected chi connectivity index (χ3v) is 5.28. The Kier molecular flexibility index (Phi) is 7.18. The molecular weight excluding hydrogens is 374 g/mol. The first-order valence-corrected chi connectivity index (χ1v) is 10.2. The Hall–Kier alpha value is -2.24. The van der Waals surface area contributed by atoms with Crippen LogP contribution in [0.3, 0.4) is 0 Å². The number of ether oxygens (including phenoxy) is 1. The van der Waals surface area contributed by atoms with E-state index < -0.39 is 6.10 Å². The van der Waals surface area contributed by atoms with Crippen molar-refractivity contribution in [2.24, 2.45) is 0 Å². The normalized spacial score (nSPS) is 15.9. The monoisotopic (exact) mass is 401 g/mol. The van der Waals surface area contributed by atoms with Gasteiger partial charge in [0.25, 0.3) is 5.91 Å². The molecule has 1 aliphatic rings.